The molecule has 1 aromatic rings. The Kier molecular flexibility index (Phi) is 6.12. The van der Waals surface area contributed by atoms with Gasteiger partial charge >= 0.3 is 0 Å². The van der Waals surface area contributed by atoms with E-state index in [4.69, 9.17) is 0 Å². The van der Waals surface area contributed by atoms with Gasteiger partial charge in [0, 0.05) is 16.6 Å². The van der Waals surface area contributed by atoms with Gasteiger partial charge in [0.15, 0.2) is 0 Å². The fraction of sp³-hybridized carbons (Fsp3) is 0.462. The van der Waals surface area contributed by atoms with E-state index in [1.807, 2.05) is 24.3 Å². The number of nitrogens with one attached hydrogen (secondary N) is 2. The third-order valence-electron chi connectivity index (χ3n) is 3.20. The van der Waals surface area contributed by atoms with Crippen molar-refractivity contribution in [2.24, 2.45) is 0 Å². The minimum Gasteiger partial charge on any atom is -0.348 e. The molecule has 0 aromatic heterocycles. The summed E-state index contributed by atoms with van der Waals surface area (Å²) < 4.78 is 0.842. The summed E-state index contributed by atoms with van der Waals surface area (Å²) in [4.78, 5) is 12.1. The third kappa shape index (κ3) is 3.70. The van der Waals surface area contributed by atoms with Crippen LogP contribution in [0.25, 0.3) is 0 Å². The maximum Gasteiger partial charge on any atom is 0.252 e. The number of piperidine rings is 1. The quantitative estimate of drug-likeness (QED) is 0.874. The van der Waals surface area contributed by atoms with Gasteiger partial charge in [-0.3, -0.25) is 4.79 Å². The van der Waals surface area contributed by atoms with Gasteiger partial charge in [0.05, 0.1) is 5.56 Å². The first-order valence-corrected chi connectivity index (χ1v) is 6.76. The van der Waals surface area contributed by atoms with Crippen molar-refractivity contribution in [3.8, 4) is 0 Å². The number of carbonyl (C=O) groups excluding carboxylic acids is 1. The molecular weight excluding hydrogens is 316 g/mol. The van der Waals surface area contributed by atoms with Crippen molar-refractivity contribution < 1.29 is 4.79 Å². The molecule has 1 fully saturated rings. The monoisotopic (exact) mass is 332 g/mol. The number of halogens is 2. The topological polar surface area (TPSA) is 41.1 Å². The molecule has 1 aromatic carbocycles. The average Bonchev–Trinajstić information content (AvgIpc) is 2.32. The molecule has 3 nitrogen and oxygen atoms in total. The second-order valence-electron chi connectivity index (χ2n) is 4.44. The van der Waals surface area contributed by atoms with Gasteiger partial charge in [-0.15, -0.1) is 12.4 Å². The second kappa shape index (κ2) is 7.12. The molecule has 5 heteroatoms. The van der Waals surface area contributed by atoms with Gasteiger partial charge in [0.1, 0.15) is 0 Å². The fourth-order valence-corrected chi connectivity index (χ4v) is 2.60. The van der Waals surface area contributed by atoms with Gasteiger partial charge in [0.2, 0.25) is 0 Å². The van der Waals surface area contributed by atoms with Gasteiger partial charge in [-0.1, -0.05) is 12.1 Å². The molecule has 2 unspecified atom stereocenters. The molecule has 2 rings (SSSR count). The summed E-state index contributed by atoms with van der Waals surface area (Å²) in [7, 11) is 0. The Balaban J connectivity index is 0.00000162. The van der Waals surface area contributed by atoms with Crippen molar-refractivity contribution in [2.75, 3.05) is 6.54 Å². The smallest absolute Gasteiger partial charge is 0.252 e. The molecule has 1 saturated heterocycles. The van der Waals surface area contributed by atoms with E-state index in [1.54, 1.807) is 0 Å². The standard InChI is InChI=1S/C13H17BrN2O.ClH/c1-9-12(7-4-8-15-9)16-13(17)10-5-2-3-6-11(10)14;/h2-3,5-6,9,12,15H,4,7-8H2,1H3,(H,16,17);1H. The zero-order chi connectivity index (χ0) is 12.3. The van der Waals surface area contributed by atoms with E-state index in [0.717, 1.165) is 23.9 Å². The SMILES string of the molecule is CC1NCCCC1NC(=O)c1ccccc1Br.Cl. The molecule has 0 bridgehead atoms. The molecule has 0 spiro atoms. The van der Waals surface area contributed by atoms with Crippen LogP contribution in [0.5, 0.6) is 0 Å². The molecule has 1 amide bonds. The van der Waals surface area contributed by atoms with E-state index < -0.39 is 0 Å². The van der Waals surface area contributed by atoms with Crippen LogP contribution < -0.4 is 10.6 Å². The number of benzene rings is 1. The molecule has 1 aliphatic heterocycles. The Bertz CT molecular complexity index is 414. The molecule has 1 aliphatic rings. The minimum atomic E-state index is -0.00183. The highest BCUT2D eigenvalue weighted by atomic mass is 79.9. The summed E-state index contributed by atoms with van der Waals surface area (Å²) >= 11 is 3.40. The largest absolute Gasteiger partial charge is 0.348 e. The van der Waals surface area contributed by atoms with E-state index in [2.05, 4.69) is 33.5 Å². The third-order valence-corrected chi connectivity index (χ3v) is 3.89. The van der Waals surface area contributed by atoms with E-state index in [-0.39, 0.29) is 24.4 Å². The van der Waals surface area contributed by atoms with Gasteiger partial charge in [-0.2, -0.15) is 0 Å². The van der Waals surface area contributed by atoms with Crippen molar-refractivity contribution >= 4 is 34.2 Å². The summed E-state index contributed by atoms with van der Waals surface area (Å²) in [5, 5.41) is 6.47. The Morgan fingerprint density at radius 2 is 2.17 bits per heavy atom. The molecule has 100 valence electrons. The molecule has 0 radical (unpaired) electrons. The maximum absolute atomic E-state index is 12.1. The number of hydrogen-bond acceptors (Lipinski definition) is 2. The summed E-state index contributed by atoms with van der Waals surface area (Å²) in [5.74, 6) is -0.00183. The normalized spacial score (nSPS) is 23.0. The predicted octanol–water partition coefficient (Wildman–Crippen LogP) is 2.74. The van der Waals surface area contributed by atoms with Crippen LogP contribution in [0.2, 0.25) is 0 Å². The number of rotatable bonds is 2. The Morgan fingerprint density at radius 3 is 2.83 bits per heavy atom. The van der Waals surface area contributed by atoms with Crippen LogP contribution in [0.15, 0.2) is 28.7 Å². The van der Waals surface area contributed by atoms with Crippen molar-refractivity contribution in [1.29, 1.82) is 0 Å². The van der Waals surface area contributed by atoms with Crippen LogP contribution in [0.3, 0.4) is 0 Å². The molecule has 2 N–H and O–H groups in total. The van der Waals surface area contributed by atoms with Gasteiger partial charge in [-0.25, -0.2) is 0 Å². The number of carbonyl (C=O) groups is 1. The fourth-order valence-electron chi connectivity index (χ4n) is 2.13. The number of hydrogen-bond donors (Lipinski definition) is 2. The highest BCUT2D eigenvalue weighted by Gasteiger charge is 2.23. The summed E-state index contributed by atoms with van der Waals surface area (Å²) in [6, 6.07) is 8.07. The zero-order valence-corrected chi connectivity index (χ0v) is 12.7. The lowest BCUT2D eigenvalue weighted by molar-refractivity contribution is 0.0919. The second-order valence-corrected chi connectivity index (χ2v) is 5.30. The van der Waals surface area contributed by atoms with Crippen LogP contribution in [0, 0.1) is 0 Å². The highest BCUT2D eigenvalue weighted by molar-refractivity contribution is 9.10. The lowest BCUT2D eigenvalue weighted by Gasteiger charge is -2.30. The van der Waals surface area contributed by atoms with Crippen LogP contribution in [-0.4, -0.2) is 24.5 Å². The zero-order valence-electron chi connectivity index (χ0n) is 10.3. The first kappa shape index (κ1) is 15.5. The van der Waals surface area contributed by atoms with Crippen molar-refractivity contribution in [3.05, 3.63) is 34.3 Å². The van der Waals surface area contributed by atoms with Gasteiger partial charge < -0.3 is 10.6 Å². The Morgan fingerprint density at radius 1 is 1.44 bits per heavy atom. The Labute approximate surface area is 122 Å². The van der Waals surface area contributed by atoms with Crippen LogP contribution in [0.1, 0.15) is 30.1 Å². The van der Waals surface area contributed by atoms with Crippen molar-refractivity contribution in [1.82, 2.24) is 10.6 Å². The first-order valence-electron chi connectivity index (χ1n) is 5.97. The molecular formula is C13H18BrClN2O. The summed E-state index contributed by atoms with van der Waals surface area (Å²) in [5.41, 5.74) is 0.699. The van der Waals surface area contributed by atoms with E-state index in [0.29, 0.717) is 11.6 Å². The summed E-state index contributed by atoms with van der Waals surface area (Å²) in [6.45, 7) is 3.16. The van der Waals surface area contributed by atoms with Crippen molar-refractivity contribution in [2.45, 2.75) is 31.8 Å². The molecule has 0 saturated carbocycles. The maximum atomic E-state index is 12.1. The summed E-state index contributed by atoms with van der Waals surface area (Å²) in [6.07, 6.45) is 2.16. The van der Waals surface area contributed by atoms with E-state index >= 15 is 0 Å². The van der Waals surface area contributed by atoms with E-state index in [1.165, 1.54) is 0 Å². The van der Waals surface area contributed by atoms with Gasteiger partial charge in [0.25, 0.3) is 5.91 Å². The predicted molar refractivity (Wildman–Crippen MR) is 79.3 cm³/mol. The molecule has 1 heterocycles. The minimum absolute atomic E-state index is 0. The number of amides is 1. The Hall–Kier alpha value is -0.580. The van der Waals surface area contributed by atoms with Gasteiger partial charge in [-0.05, 0) is 54.4 Å². The lowest BCUT2D eigenvalue weighted by Crippen LogP contribution is -2.51. The van der Waals surface area contributed by atoms with Crippen LogP contribution in [-0.2, 0) is 0 Å². The van der Waals surface area contributed by atoms with E-state index in [9.17, 15) is 4.79 Å². The van der Waals surface area contributed by atoms with Crippen LogP contribution >= 0.6 is 28.3 Å². The van der Waals surface area contributed by atoms with Crippen molar-refractivity contribution in [3.63, 3.8) is 0 Å². The highest BCUT2D eigenvalue weighted by Crippen LogP contribution is 2.17. The molecule has 2 atom stereocenters. The first-order chi connectivity index (χ1) is 8.18. The lowest BCUT2D eigenvalue weighted by atomic mass is 9.99. The molecule has 0 aliphatic carbocycles. The average molecular weight is 334 g/mol. The van der Waals surface area contributed by atoms with Crippen LogP contribution in [0.4, 0.5) is 0 Å². The molecule has 18 heavy (non-hydrogen) atoms.